The summed E-state index contributed by atoms with van der Waals surface area (Å²) in [7, 11) is 4.32. The van der Waals surface area contributed by atoms with Gasteiger partial charge in [-0.05, 0) is 61.4 Å². The van der Waals surface area contributed by atoms with Crippen molar-refractivity contribution in [3.05, 3.63) is 52.7 Å². The zero-order valence-electron chi connectivity index (χ0n) is 21.1. The summed E-state index contributed by atoms with van der Waals surface area (Å²) in [6, 6.07) is 8.98. The van der Waals surface area contributed by atoms with Crippen molar-refractivity contribution in [1.82, 2.24) is 15.2 Å². The Morgan fingerprint density at radius 2 is 1.95 bits per heavy atom. The van der Waals surface area contributed by atoms with Crippen LogP contribution in [0.3, 0.4) is 0 Å². The number of methoxy groups -OCH3 is 1. The van der Waals surface area contributed by atoms with Gasteiger partial charge in [0.2, 0.25) is 5.91 Å². The number of amides is 2. The molecule has 202 valence electrons. The number of carbonyl (C=O) groups excluding carboxylic acids is 2. The smallest absolute Gasteiger partial charge is 0.404 e. The molecule has 1 saturated heterocycles. The molecule has 2 heterocycles. The number of nitrogens with one attached hydrogen (secondary N) is 1. The van der Waals surface area contributed by atoms with Crippen molar-refractivity contribution in [2.75, 3.05) is 45.7 Å². The monoisotopic (exact) mass is 540 g/mol. The molecule has 1 N–H and O–H groups in total. The van der Waals surface area contributed by atoms with E-state index < -0.39 is 18.0 Å². The SMILES string of the molecule is CNC(=O)c1ccc(N2CCC(CCCN(C)C(=O)[C@H](c3cccc(OC)c3)C(F)(F)F)CC2)nc1Cl. The van der Waals surface area contributed by atoms with Gasteiger partial charge in [-0.15, -0.1) is 0 Å². The quantitative estimate of drug-likeness (QED) is 0.458. The molecule has 1 aliphatic heterocycles. The average Bonchev–Trinajstić information content (AvgIpc) is 2.87. The number of aromatic nitrogens is 1. The Labute approximate surface area is 219 Å². The van der Waals surface area contributed by atoms with E-state index in [4.69, 9.17) is 16.3 Å². The molecule has 3 rings (SSSR count). The summed E-state index contributed by atoms with van der Waals surface area (Å²) < 4.78 is 46.5. The minimum absolute atomic E-state index is 0.131. The summed E-state index contributed by atoms with van der Waals surface area (Å²) in [5.41, 5.74) is 0.189. The molecular formula is C26H32ClF3N4O3. The van der Waals surface area contributed by atoms with Gasteiger partial charge in [-0.25, -0.2) is 4.98 Å². The standard InChI is InChI=1S/C26H32ClF3N4O3/c1-31-24(35)20-9-10-21(32-23(20)27)34-14-11-17(12-15-34)6-5-13-33(2)25(36)22(26(28,29)30)18-7-4-8-19(16-18)37-3/h4,7-10,16-17,22H,5-6,11-15H2,1-3H3,(H,31,35)/t22-/m0/s1. The van der Waals surface area contributed by atoms with Gasteiger partial charge in [0, 0.05) is 33.7 Å². The Bertz CT molecular complexity index is 1090. The Kier molecular flexibility index (Phi) is 9.64. The van der Waals surface area contributed by atoms with Crippen LogP contribution in [0, 0.1) is 5.92 Å². The van der Waals surface area contributed by atoms with Gasteiger partial charge in [0.25, 0.3) is 5.91 Å². The van der Waals surface area contributed by atoms with Crippen molar-refractivity contribution in [3.8, 4) is 5.75 Å². The lowest BCUT2D eigenvalue weighted by Gasteiger charge is -2.33. The van der Waals surface area contributed by atoms with Gasteiger partial charge in [-0.1, -0.05) is 23.7 Å². The number of ether oxygens (including phenoxy) is 1. The maximum atomic E-state index is 13.8. The van der Waals surface area contributed by atoms with Crippen LogP contribution < -0.4 is 15.0 Å². The number of nitrogens with zero attached hydrogens (tertiary/aromatic N) is 3. The molecule has 2 aromatic rings. The Hall–Kier alpha value is -3.01. The molecule has 0 spiro atoms. The molecule has 0 bridgehead atoms. The molecule has 0 aliphatic carbocycles. The van der Waals surface area contributed by atoms with E-state index in [0.717, 1.165) is 32.4 Å². The van der Waals surface area contributed by atoms with Gasteiger partial charge in [0.1, 0.15) is 16.7 Å². The van der Waals surface area contributed by atoms with Crippen LogP contribution in [0.25, 0.3) is 0 Å². The van der Waals surface area contributed by atoms with Crippen molar-refractivity contribution >= 4 is 29.2 Å². The van der Waals surface area contributed by atoms with Gasteiger partial charge in [0.15, 0.2) is 5.92 Å². The molecule has 11 heteroatoms. The second-order valence-corrected chi connectivity index (χ2v) is 9.53. The molecular weight excluding hydrogens is 509 g/mol. The first kappa shape index (κ1) is 28.6. The molecule has 0 saturated carbocycles. The van der Waals surface area contributed by atoms with E-state index in [0.29, 0.717) is 23.7 Å². The second kappa shape index (κ2) is 12.5. The molecule has 1 aromatic carbocycles. The molecule has 1 atom stereocenters. The molecule has 37 heavy (non-hydrogen) atoms. The molecule has 1 aliphatic rings. The van der Waals surface area contributed by atoms with Crippen LogP contribution in [-0.2, 0) is 4.79 Å². The fourth-order valence-corrected chi connectivity index (χ4v) is 4.83. The average molecular weight is 541 g/mol. The normalized spacial score (nSPS) is 15.3. The van der Waals surface area contributed by atoms with Crippen LogP contribution in [-0.4, -0.2) is 68.7 Å². The third kappa shape index (κ3) is 7.28. The van der Waals surface area contributed by atoms with Crippen LogP contribution in [0.15, 0.2) is 36.4 Å². The van der Waals surface area contributed by atoms with Crippen molar-refractivity contribution in [3.63, 3.8) is 0 Å². The molecule has 7 nitrogen and oxygen atoms in total. The third-order valence-corrected chi connectivity index (χ3v) is 7.02. The molecule has 2 amide bonds. The summed E-state index contributed by atoms with van der Waals surface area (Å²) in [5.74, 6) is -2.12. The number of alkyl halides is 3. The van der Waals surface area contributed by atoms with Gasteiger partial charge >= 0.3 is 6.18 Å². The topological polar surface area (TPSA) is 74.8 Å². The first-order chi connectivity index (χ1) is 17.5. The highest BCUT2D eigenvalue weighted by molar-refractivity contribution is 6.32. The van der Waals surface area contributed by atoms with Crippen LogP contribution in [0.4, 0.5) is 19.0 Å². The Morgan fingerprint density at radius 1 is 1.24 bits per heavy atom. The van der Waals surface area contributed by atoms with E-state index in [-0.39, 0.29) is 28.9 Å². The fourth-order valence-electron chi connectivity index (χ4n) is 4.60. The minimum Gasteiger partial charge on any atom is -0.497 e. The zero-order valence-corrected chi connectivity index (χ0v) is 21.9. The number of anilines is 1. The van der Waals surface area contributed by atoms with Crippen molar-refractivity contribution in [2.24, 2.45) is 5.92 Å². The summed E-state index contributed by atoms with van der Waals surface area (Å²) in [4.78, 5) is 32.2. The molecule has 1 aromatic heterocycles. The maximum Gasteiger partial charge on any atom is 0.404 e. The number of halogens is 4. The Morgan fingerprint density at radius 3 is 2.54 bits per heavy atom. The first-order valence-electron chi connectivity index (χ1n) is 12.1. The maximum absolute atomic E-state index is 13.8. The lowest BCUT2D eigenvalue weighted by Crippen LogP contribution is -2.39. The van der Waals surface area contributed by atoms with Crippen molar-refractivity contribution in [1.29, 1.82) is 0 Å². The number of hydrogen-bond acceptors (Lipinski definition) is 5. The van der Waals surface area contributed by atoms with Crippen molar-refractivity contribution in [2.45, 2.75) is 37.8 Å². The lowest BCUT2D eigenvalue weighted by molar-refractivity contribution is -0.171. The number of hydrogen-bond donors (Lipinski definition) is 1. The molecule has 0 radical (unpaired) electrons. The van der Waals surface area contributed by atoms with E-state index in [1.807, 2.05) is 0 Å². The van der Waals surface area contributed by atoms with Gasteiger partial charge in [-0.3, -0.25) is 9.59 Å². The van der Waals surface area contributed by atoms with Crippen LogP contribution in [0.2, 0.25) is 5.15 Å². The number of likely N-dealkylation sites (N-methyl/N-ethyl adjacent to an activating group) is 1. The summed E-state index contributed by atoms with van der Waals surface area (Å²) in [5, 5.41) is 2.68. The van der Waals surface area contributed by atoms with E-state index in [1.165, 1.54) is 44.3 Å². The van der Waals surface area contributed by atoms with Gasteiger partial charge < -0.3 is 19.9 Å². The summed E-state index contributed by atoms with van der Waals surface area (Å²) >= 11 is 6.17. The van der Waals surface area contributed by atoms with Crippen LogP contribution in [0.5, 0.6) is 5.75 Å². The molecule has 1 fully saturated rings. The third-order valence-electron chi connectivity index (χ3n) is 6.73. The highest BCUT2D eigenvalue weighted by Crippen LogP contribution is 2.37. The largest absolute Gasteiger partial charge is 0.497 e. The second-order valence-electron chi connectivity index (χ2n) is 9.17. The van der Waals surface area contributed by atoms with E-state index in [2.05, 4.69) is 15.2 Å². The van der Waals surface area contributed by atoms with Crippen LogP contribution in [0.1, 0.15) is 47.5 Å². The van der Waals surface area contributed by atoms with E-state index in [1.54, 1.807) is 18.2 Å². The Balaban J connectivity index is 1.51. The minimum atomic E-state index is -4.71. The van der Waals surface area contributed by atoms with Gasteiger partial charge in [0.05, 0.1) is 12.7 Å². The van der Waals surface area contributed by atoms with Crippen molar-refractivity contribution < 1.29 is 27.5 Å². The van der Waals surface area contributed by atoms with Crippen LogP contribution >= 0.6 is 11.6 Å². The first-order valence-corrected chi connectivity index (χ1v) is 12.5. The predicted octanol–water partition coefficient (Wildman–Crippen LogP) is 4.90. The lowest BCUT2D eigenvalue weighted by atomic mass is 9.92. The fraction of sp³-hybridized carbons (Fsp3) is 0.500. The highest BCUT2D eigenvalue weighted by Gasteiger charge is 2.47. The number of carbonyl (C=O) groups is 2. The zero-order chi connectivity index (χ0) is 27.2. The highest BCUT2D eigenvalue weighted by atomic mass is 35.5. The summed E-state index contributed by atoms with van der Waals surface area (Å²) in [6.45, 7) is 1.76. The molecule has 0 unspecified atom stereocenters. The van der Waals surface area contributed by atoms with E-state index >= 15 is 0 Å². The summed E-state index contributed by atoms with van der Waals surface area (Å²) in [6.07, 6.45) is -1.50. The van der Waals surface area contributed by atoms with Gasteiger partial charge in [-0.2, -0.15) is 13.2 Å². The number of pyridine rings is 1. The number of rotatable bonds is 9. The number of piperidine rings is 1. The predicted molar refractivity (Wildman–Crippen MR) is 136 cm³/mol. The van der Waals surface area contributed by atoms with E-state index in [9.17, 15) is 22.8 Å². The number of benzene rings is 1.